The standard InChI is InChI=1S/C18H25N5O3/c1-6-8-12(7-2)10(3)19-18(25)21-14-9-13-15(16(20-14)11(4)24)17(26-5)23-22-13/h6-11,24H,1-5H3,(H,22,23)(H2,19,20,21,25)/b8-6-,12-7+/t10-,11?/m1/s1. The lowest BCUT2D eigenvalue weighted by atomic mass is 10.1. The molecule has 2 aromatic heterocycles. The molecule has 0 aliphatic rings. The van der Waals surface area contributed by atoms with Gasteiger partial charge in [0.2, 0.25) is 5.88 Å². The van der Waals surface area contributed by atoms with Crippen LogP contribution < -0.4 is 15.4 Å². The van der Waals surface area contributed by atoms with Crippen LogP contribution in [-0.4, -0.2) is 39.5 Å². The van der Waals surface area contributed by atoms with Crippen molar-refractivity contribution in [1.82, 2.24) is 20.5 Å². The highest BCUT2D eigenvalue weighted by atomic mass is 16.5. The van der Waals surface area contributed by atoms with Crippen LogP contribution in [0.15, 0.2) is 29.9 Å². The van der Waals surface area contributed by atoms with Crippen LogP contribution in [0.4, 0.5) is 10.6 Å². The monoisotopic (exact) mass is 359 g/mol. The zero-order valence-corrected chi connectivity index (χ0v) is 15.6. The Hall–Kier alpha value is -2.87. The van der Waals surface area contributed by atoms with Crippen molar-refractivity contribution in [3.8, 4) is 5.88 Å². The third-order valence-corrected chi connectivity index (χ3v) is 3.91. The van der Waals surface area contributed by atoms with Gasteiger partial charge in [0, 0.05) is 6.07 Å². The van der Waals surface area contributed by atoms with Gasteiger partial charge in [0.1, 0.15) is 5.82 Å². The van der Waals surface area contributed by atoms with Crippen LogP contribution in [0.1, 0.15) is 39.5 Å². The largest absolute Gasteiger partial charge is 0.479 e. The molecule has 0 aliphatic carbocycles. The van der Waals surface area contributed by atoms with Crippen molar-refractivity contribution in [3.05, 3.63) is 35.6 Å². The topological polar surface area (TPSA) is 112 Å². The summed E-state index contributed by atoms with van der Waals surface area (Å²) in [4.78, 5) is 16.6. The van der Waals surface area contributed by atoms with E-state index in [0.29, 0.717) is 28.3 Å². The summed E-state index contributed by atoms with van der Waals surface area (Å²) in [6.07, 6.45) is 4.95. The van der Waals surface area contributed by atoms with E-state index in [9.17, 15) is 9.90 Å². The summed E-state index contributed by atoms with van der Waals surface area (Å²) in [5.74, 6) is 0.648. The molecular formula is C18H25N5O3. The van der Waals surface area contributed by atoms with Gasteiger partial charge in [0.15, 0.2) is 0 Å². The van der Waals surface area contributed by atoms with E-state index < -0.39 is 12.1 Å². The number of H-pyrrole nitrogens is 1. The summed E-state index contributed by atoms with van der Waals surface area (Å²) in [6.45, 7) is 7.33. The molecule has 2 heterocycles. The van der Waals surface area contributed by atoms with E-state index in [0.717, 1.165) is 5.57 Å². The van der Waals surface area contributed by atoms with Gasteiger partial charge in [0.25, 0.3) is 0 Å². The average Bonchev–Trinajstić information content (AvgIpc) is 3.01. The average molecular weight is 359 g/mol. The molecule has 0 aromatic carbocycles. The number of hydrogen-bond acceptors (Lipinski definition) is 5. The number of aliphatic hydroxyl groups excluding tert-OH is 1. The van der Waals surface area contributed by atoms with Gasteiger partial charge >= 0.3 is 6.03 Å². The lowest BCUT2D eigenvalue weighted by Crippen LogP contribution is -2.37. The first-order valence-corrected chi connectivity index (χ1v) is 8.38. The first-order chi connectivity index (χ1) is 12.4. The third kappa shape index (κ3) is 4.20. The lowest BCUT2D eigenvalue weighted by Gasteiger charge is -2.16. The van der Waals surface area contributed by atoms with Gasteiger partial charge in [-0.05, 0) is 33.3 Å². The van der Waals surface area contributed by atoms with Crippen LogP contribution in [0.25, 0.3) is 10.9 Å². The highest BCUT2D eigenvalue weighted by molar-refractivity contribution is 5.93. The molecule has 26 heavy (non-hydrogen) atoms. The fourth-order valence-corrected chi connectivity index (χ4v) is 2.67. The van der Waals surface area contributed by atoms with Crippen LogP contribution in [0.2, 0.25) is 0 Å². The number of nitrogens with one attached hydrogen (secondary N) is 3. The van der Waals surface area contributed by atoms with E-state index in [-0.39, 0.29) is 6.04 Å². The van der Waals surface area contributed by atoms with Crippen LogP contribution >= 0.6 is 0 Å². The van der Waals surface area contributed by atoms with Crippen molar-refractivity contribution >= 4 is 22.8 Å². The van der Waals surface area contributed by atoms with Crippen molar-refractivity contribution in [3.63, 3.8) is 0 Å². The number of anilines is 1. The number of amides is 2. The molecular weight excluding hydrogens is 334 g/mol. The molecule has 0 saturated carbocycles. The van der Waals surface area contributed by atoms with E-state index in [1.165, 1.54) is 7.11 Å². The van der Waals surface area contributed by atoms with E-state index in [4.69, 9.17) is 4.74 Å². The molecule has 1 unspecified atom stereocenters. The number of aliphatic hydroxyl groups is 1. The number of aromatic nitrogens is 3. The second-order valence-corrected chi connectivity index (χ2v) is 5.83. The number of carbonyl (C=O) groups is 1. The van der Waals surface area contributed by atoms with Crippen LogP contribution in [0.3, 0.4) is 0 Å². The number of hydrogen-bond donors (Lipinski definition) is 4. The SMILES string of the molecule is C/C=C\C(=C/C)[C@@H](C)NC(=O)Nc1cc2[nH]nc(OC)c2c(C(C)O)n1. The van der Waals surface area contributed by atoms with Gasteiger partial charge in [-0.25, -0.2) is 9.78 Å². The number of ether oxygens (including phenoxy) is 1. The summed E-state index contributed by atoms with van der Waals surface area (Å²) < 4.78 is 5.19. The summed E-state index contributed by atoms with van der Waals surface area (Å²) in [5.41, 5.74) is 1.98. The van der Waals surface area contributed by atoms with Gasteiger partial charge < -0.3 is 15.2 Å². The van der Waals surface area contributed by atoms with Crippen molar-refractivity contribution in [2.24, 2.45) is 0 Å². The number of carbonyl (C=O) groups excluding carboxylic acids is 1. The maximum absolute atomic E-state index is 12.3. The molecule has 4 N–H and O–H groups in total. The number of aromatic amines is 1. The predicted molar refractivity (Wildman–Crippen MR) is 101 cm³/mol. The molecule has 8 heteroatoms. The molecule has 0 aliphatic heterocycles. The molecule has 140 valence electrons. The zero-order chi connectivity index (χ0) is 19.3. The number of rotatable bonds is 6. The number of fused-ring (bicyclic) bond motifs is 1. The molecule has 0 radical (unpaired) electrons. The Bertz CT molecular complexity index is 839. The van der Waals surface area contributed by atoms with Gasteiger partial charge in [-0.15, -0.1) is 5.10 Å². The Balaban J connectivity index is 2.24. The Kier molecular flexibility index (Phi) is 6.35. The highest BCUT2D eigenvalue weighted by Gasteiger charge is 2.19. The van der Waals surface area contributed by atoms with E-state index in [2.05, 4.69) is 25.8 Å². The molecule has 0 spiro atoms. The quantitative estimate of drug-likeness (QED) is 0.592. The number of allylic oxidation sites excluding steroid dienone is 2. The smallest absolute Gasteiger partial charge is 0.320 e. The maximum atomic E-state index is 12.3. The molecule has 0 bridgehead atoms. The number of nitrogens with zero attached hydrogens (tertiary/aromatic N) is 2. The number of methoxy groups -OCH3 is 1. The van der Waals surface area contributed by atoms with Gasteiger partial charge in [-0.2, -0.15) is 0 Å². The van der Waals surface area contributed by atoms with Crippen molar-refractivity contribution in [2.75, 3.05) is 12.4 Å². The van der Waals surface area contributed by atoms with Crippen molar-refractivity contribution < 1.29 is 14.6 Å². The summed E-state index contributed by atoms with van der Waals surface area (Å²) >= 11 is 0. The molecule has 2 rings (SSSR count). The van der Waals surface area contributed by atoms with Gasteiger partial charge in [-0.1, -0.05) is 18.2 Å². The normalized spacial score (nSPS) is 14.5. The summed E-state index contributed by atoms with van der Waals surface area (Å²) in [6, 6.07) is 1.09. The van der Waals surface area contributed by atoms with Crippen LogP contribution in [0.5, 0.6) is 5.88 Å². The Morgan fingerprint density at radius 3 is 2.69 bits per heavy atom. The van der Waals surface area contributed by atoms with Gasteiger partial charge in [-0.3, -0.25) is 10.4 Å². The first-order valence-electron chi connectivity index (χ1n) is 8.38. The van der Waals surface area contributed by atoms with Crippen LogP contribution in [0, 0.1) is 0 Å². The number of urea groups is 1. The minimum atomic E-state index is -0.850. The highest BCUT2D eigenvalue weighted by Crippen LogP contribution is 2.30. The molecule has 0 saturated heterocycles. The Morgan fingerprint density at radius 2 is 2.12 bits per heavy atom. The Labute approximate surface area is 152 Å². The molecule has 0 fully saturated rings. The minimum Gasteiger partial charge on any atom is -0.479 e. The second-order valence-electron chi connectivity index (χ2n) is 5.83. The summed E-state index contributed by atoms with van der Waals surface area (Å²) in [7, 11) is 1.49. The fraction of sp³-hybridized carbons (Fsp3) is 0.389. The van der Waals surface area contributed by atoms with E-state index >= 15 is 0 Å². The molecule has 8 nitrogen and oxygen atoms in total. The van der Waals surface area contributed by atoms with Crippen LogP contribution in [-0.2, 0) is 0 Å². The van der Waals surface area contributed by atoms with E-state index in [1.54, 1.807) is 13.0 Å². The van der Waals surface area contributed by atoms with E-state index in [1.807, 2.05) is 39.0 Å². The molecule has 2 aromatic rings. The van der Waals surface area contributed by atoms with Gasteiger partial charge in [0.05, 0.1) is 35.9 Å². The minimum absolute atomic E-state index is 0.164. The molecule has 2 atom stereocenters. The lowest BCUT2D eigenvalue weighted by molar-refractivity contribution is 0.196. The Morgan fingerprint density at radius 1 is 1.38 bits per heavy atom. The third-order valence-electron chi connectivity index (χ3n) is 3.91. The van der Waals surface area contributed by atoms with Crippen molar-refractivity contribution in [1.29, 1.82) is 0 Å². The second kappa shape index (κ2) is 8.48. The number of pyridine rings is 1. The maximum Gasteiger partial charge on any atom is 0.320 e. The molecule has 2 amide bonds. The first kappa shape index (κ1) is 19.5. The fourth-order valence-electron chi connectivity index (χ4n) is 2.67. The predicted octanol–water partition coefficient (Wildman–Crippen LogP) is 3.05. The summed E-state index contributed by atoms with van der Waals surface area (Å²) in [5, 5.41) is 23.0. The van der Waals surface area contributed by atoms with Crippen molar-refractivity contribution in [2.45, 2.75) is 39.8 Å². The zero-order valence-electron chi connectivity index (χ0n) is 15.6.